The van der Waals surface area contributed by atoms with E-state index in [0.717, 1.165) is 17.9 Å². The van der Waals surface area contributed by atoms with Crippen LogP contribution in [-0.2, 0) is 19.1 Å². The second-order valence-corrected chi connectivity index (χ2v) is 10.6. The lowest BCUT2D eigenvalue weighted by Crippen LogP contribution is -2.36. The minimum Gasteiger partial charge on any atom is -0.460 e. The van der Waals surface area contributed by atoms with E-state index >= 15 is 0 Å². The average molecular weight is 413 g/mol. The van der Waals surface area contributed by atoms with E-state index in [1.165, 1.54) is 13.8 Å². The molecule has 5 heteroatoms. The zero-order chi connectivity index (χ0) is 22.2. The molecule has 0 aromatic rings. The van der Waals surface area contributed by atoms with Crippen LogP contribution in [0.15, 0.2) is 24.8 Å². The summed E-state index contributed by atoms with van der Waals surface area (Å²) >= 11 is 1.87. The highest BCUT2D eigenvalue weighted by atomic mass is 32.2. The van der Waals surface area contributed by atoms with Crippen LogP contribution >= 0.6 is 11.8 Å². The molecule has 0 aromatic carbocycles. The lowest BCUT2D eigenvalue weighted by molar-refractivity contribution is -0.156. The van der Waals surface area contributed by atoms with E-state index in [1.54, 1.807) is 6.08 Å². The summed E-state index contributed by atoms with van der Waals surface area (Å²) in [5.74, 6) is 1.28. The van der Waals surface area contributed by atoms with Crippen molar-refractivity contribution < 1.29 is 19.1 Å². The fraction of sp³-hybridized carbons (Fsp3) is 0.739. The second-order valence-electron chi connectivity index (χ2n) is 9.63. The van der Waals surface area contributed by atoms with E-state index in [9.17, 15) is 9.59 Å². The van der Waals surface area contributed by atoms with Crippen LogP contribution in [0.4, 0.5) is 0 Å². The van der Waals surface area contributed by atoms with E-state index in [1.807, 2.05) is 39.5 Å². The third kappa shape index (κ3) is 10.9. The monoisotopic (exact) mass is 412 g/mol. The van der Waals surface area contributed by atoms with Crippen LogP contribution in [0.25, 0.3) is 0 Å². The standard InChI is InChI=1S/C23H40O4S/c1-11-13-22(9,15-21(7,8)26-18(3)24)17-28-16-20(5,6)14-23(10,12-2)27-19(4)25/h11-13H,2,14-17H2,1,3-10H3. The predicted molar refractivity (Wildman–Crippen MR) is 119 cm³/mol. The molecule has 0 rings (SSSR count). The van der Waals surface area contributed by atoms with Gasteiger partial charge in [0.1, 0.15) is 11.2 Å². The van der Waals surface area contributed by atoms with Gasteiger partial charge in [0.15, 0.2) is 0 Å². The lowest BCUT2D eigenvalue weighted by Gasteiger charge is -2.37. The molecular weight excluding hydrogens is 372 g/mol. The Bertz CT molecular complexity index is 579. The molecule has 0 saturated heterocycles. The molecule has 0 aliphatic carbocycles. The summed E-state index contributed by atoms with van der Waals surface area (Å²) in [6.45, 7) is 21.1. The third-order valence-corrected chi connectivity index (χ3v) is 6.23. The Hall–Kier alpha value is -1.23. The molecule has 0 amide bonds. The van der Waals surface area contributed by atoms with E-state index in [0.29, 0.717) is 6.42 Å². The molecule has 0 heterocycles. The zero-order valence-corrected chi connectivity index (χ0v) is 20.1. The van der Waals surface area contributed by atoms with Gasteiger partial charge >= 0.3 is 11.9 Å². The largest absolute Gasteiger partial charge is 0.460 e. The molecule has 0 aliphatic heterocycles. The van der Waals surface area contributed by atoms with E-state index in [4.69, 9.17) is 9.47 Å². The molecule has 162 valence electrons. The van der Waals surface area contributed by atoms with Gasteiger partial charge in [-0.3, -0.25) is 9.59 Å². The number of esters is 2. The van der Waals surface area contributed by atoms with E-state index < -0.39 is 11.2 Å². The minimum atomic E-state index is -0.667. The number of rotatable bonds is 12. The van der Waals surface area contributed by atoms with Gasteiger partial charge in [-0.05, 0) is 63.2 Å². The Labute approximate surface area is 176 Å². The van der Waals surface area contributed by atoms with Crippen molar-refractivity contribution in [1.29, 1.82) is 0 Å². The lowest BCUT2D eigenvalue weighted by atomic mass is 9.81. The Morgan fingerprint density at radius 3 is 1.89 bits per heavy atom. The number of carbonyl (C=O) groups excluding carboxylic acids is 2. The number of thioether (sulfide) groups is 1. The van der Waals surface area contributed by atoms with Crippen molar-refractivity contribution in [3.8, 4) is 0 Å². The topological polar surface area (TPSA) is 52.6 Å². The highest BCUT2D eigenvalue weighted by molar-refractivity contribution is 7.99. The quantitative estimate of drug-likeness (QED) is 0.292. The zero-order valence-electron chi connectivity index (χ0n) is 19.3. The first kappa shape index (κ1) is 26.8. The van der Waals surface area contributed by atoms with Gasteiger partial charge in [-0.2, -0.15) is 11.8 Å². The van der Waals surface area contributed by atoms with Crippen molar-refractivity contribution in [3.63, 3.8) is 0 Å². The summed E-state index contributed by atoms with van der Waals surface area (Å²) in [5, 5.41) is 0. The third-order valence-electron chi connectivity index (χ3n) is 4.38. The van der Waals surface area contributed by atoms with Gasteiger partial charge < -0.3 is 9.47 Å². The van der Waals surface area contributed by atoms with Gasteiger partial charge in [0.25, 0.3) is 0 Å². The predicted octanol–water partition coefficient (Wildman–Crippen LogP) is 5.96. The number of carbonyl (C=O) groups is 2. The Morgan fingerprint density at radius 2 is 1.46 bits per heavy atom. The Balaban J connectivity index is 5.02. The van der Waals surface area contributed by atoms with Crippen LogP contribution in [0, 0.1) is 10.8 Å². The average Bonchev–Trinajstić information content (AvgIpc) is 2.42. The first-order valence-corrected chi connectivity index (χ1v) is 11.0. The molecule has 0 N–H and O–H groups in total. The van der Waals surface area contributed by atoms with Crippen LogP contribution in [0.5, 0.6) is 0 Å². The molecule has 0 fully saturated rings. The molecule has 0 saturated carbocycles. The minimum absolute atomic E-state index is 0.0364. The summed E-state index contributed by atoms with van der Waals surface area (Å²) < 4.78 is 11.0. The van der Waals surface area contributed by atoms with Crippen LogP contribution in [0.2, 0.25) is 0 Å². The van der Waals surface area contributed by atoms with Gasteiger partial charge in [0.05, 0.1) is 0 Å². The van der Waals surface area contributed by atoms with Crippen LogP contribution < -0.4 is 0 Å². The van der Waals surface area contributed by atoms with Crippen molar-refractivity contribution in [2.45, 2.75) is 86.4 Å². The van der Waals surface area contributed by atoms with Crippen molar-refractivity contribution in [1.82, 2.24) is 0 Å². The van der Waals surface area contributed by atoms with E-state index in [-0.39, 0.29) is 22.8 Å². The SMILES string of the molecule is C=CC(C)(CC(C)(C)CSCC(C)(C=CC)CC(C)(C)OC(C)=O)OC(C)=O. The van der Waals surface area contributed by atoms with Gasteiger partial charge in [-0.25, -0.2) is 0 Å². The van der Waals surface area contributed by atoms with Crippen molar-refractivity contribution >= 4 is 23.7 Å². The van der Waals surface area contributed by atoms with E-state index in [2.05, 4.69) is 39.5 Å². The molecule has 28 heavy (non-hydrogen) atoms. The van der Waals surface area contributed by atoms with Crippen LogP contribution in [0.3, 0.4) is 0 Å². The first-order valence-electron chi connectivity index (χ1n) is 9.82. The maximum atomic E-state index is 11.4. The maximum absolute atomic E-state index is 11.4. The fourth-order valence-corrected chi connectivity index (χ4v) is 5.42. The number of ether oxygens (including phenoxy) is 2. The molecule has 0 aliphatic rings. The van der Waals surface area contributed by atoms with Gasteiger partial charge in [0.2, 0.25) is 0 Å². The van der Waals surface area contributed by atoms with Gasteiger partial charge in [-0.15, -0.1) is 0 Å². The summed E-state index contributed by atoms with van der Waals surface area (Å²) in [4.78, 5) is 22.8. The van der Waals surface area contributed by atoms with Crippen molar-refractivity contribution in [3.05, 3.63) is 24.8 Å². The molecule has 0 radical (unpaired) electrons. The summed E-state index contributed by atoms with van der Waals surface area (Å²) in [7, 11) is 0. The van der Waals surface area contributed by atoms with Gasteiger partial charge in [-0.1, -0.05) is 39.5 Å². The molecule has 0 bridgehead atoms. The number of hydrogen-bond donors (Lipinski definition) is 0. The smallest absolute Gasteiger partial charge is 0.303 e. The maximum Gasteiger partial charge on any atom is 0.303 e. The van der Waals surface area contributed by atoms with Crippen LogP contribution in [-0.4, -0.2) is 34.6 Å². The normalized spacial score (nSPS) is 16.9. The summed E-state index contributed by atoms with van der Waals surface area (Å²) in [6.07, 6.45) is 7.42. The summed E-state index contributed by atoms with van der Waals surface area (Å²) in [6, 6.07) is 0. The molecule has 0 aromatic heterocycles. The summed E-state index contributed by atoms with van der Waals surface area (Å²) in [5.41, 5.74) is -1.32. The first-order chi connectivity index (χ1) is 12.6. The second kappa shape index (κ2) is 10.5. The van der Waals surface area contributed by atoms with Crippen LogP contribution in [0.1, 0.15) is 75.2 Å². The molecule has 0 spiro atoms. The number of hydrogen-bond acceptors (Lipinski definition) is 5. The highest BCUT2D eigenvalue weighted by Crippen LogP contribution is 2.39. The highest BCUT2D eigenvalue weighted by Gasteiger charge is 2.35. The van der Waals surface area contributed by atoms with Gasteiger partial charge in [0, 0.05) is 19.6 Å². The van der Waals surface area contributed by atoms with Crippen molar-refractivity contribution in [2.24, 2.45) is 10.8 Å². The molecule has 2 unspecified atom stereocenters. The Kier molecular flexibility index (Phi) is 10.1. The molecular formula is C23H40O4S. The van der Waals surface area contributed by atoms with Crippen molar-refractivity contribution in [2.75, 3.05) is 11.5 Å². The fourth-order valence-electron chi connectivity index (χ4n) is 4.00. The molecule has 2 atom stereocenters. The molecule has 4 nitrogen and oxygen atoms in total. The Morgan fingerprint density at radius 1 is 0.929 bits per heavy atom. The number of allylic oxidation sites excluding steroid dienone is 2.